The molecule has 1 aromatic rings. The fourth-order valence-electron chi connectivity index (χ4n) is 2.72. The molecule has 0 saturated carbocycles. The highest BCUT2D eigenvalue weighted by atomic mass is 16.1. The summed E-state index contributed by atoms with van der Waals surface area (Å²) >= 11 is 0. The van der Waals surface area contributed by atoms with Gasteiger partial charge in [-0.15, -0.1) is 0 Å². The van der Waals surface area contributed by atoms with Gasteiger partial charge in [0.2, 0.25) is 0 Å². The summed E-state index contributed by atoms with van der Waals surface area (Å²) < 4.78 is 0. The normalized spacial score (nSPS) is 19.6. The number of likely N-dealkylation sites (tertiary alicyclic amines) is 1. The van der Waals surface area contributed by atoms with Crippen LogP contribution in [0.3, 0.4) is 0 Å². The number of Topliss-reactive ketones (excluding diaryl/α,β-unsaturated/α-hetero) is 1. The van der Waals surface area contributed by atoms with Crippen molar-refractivity contribution in [1.29, 1.82) is 0 Å². The van der Waals surface area contributed by atoms with Crippen molar-refractivity contribution in [3.05, 3.63) is 35.9 Å². The van der Waals surface area contributed by atoms with Crippen LogP contribution in [0.4, 0.5) is 0 Å². The van der Waals surface area contributed by atoms with Crippen LogP contribution in [-0.2, 0) is 4.79 Å². The summed E-state index contributed by atoms with van der Waals surface area (Å²) in [6.07, 6.45) is 1.44. The number of benzene rings is 1. The van der Waals surface area contributed by atoms with Gasteiger partial charge in [-0.3, -0.25) is 9.69 Å². The van der Waals surface area contributed by atoms with Crippen molar-refractivity contribution in [2.24, 2.45) is 5.92 Å². The third-order valence-corrected chi connectivity index (χ3v) is 3.52. The highest BCUT2D eigenvalue weighted by molar-refractivity contribution is 5.79. The number of nitrogens with zero attached hydrogens (tertiary/aromatic N) is 1. The molecule has 0 aromatic heterocycles. The van der Waals surface area contributed by atoms with Gasteiger partial charge in [-0.25, -0.2) is 0 Å². The summed E-state index contributed by atoms with van der Waals surface area (Å²) in [4.78, 5) is 13.8. The summed E-state index contributed by atoms with van der Waals surface area (Å²) in [5.74, 6) is 0.988. The fraction of sp³-hybridized carbons (Fsp3) is 0.533. The second-order valence-electron chi connectivity index (χ2n) is 5.17. The molecule has 92 valence electrons. The zero-order valence-corrected chi connectivity index (χ0v) is 10.7. The molecule has 2 nitrogen and oxygen atoms in total. The Morgan fingerprint density at radius 1 is 1.06 bits per heavy atom. The molecule has 1 fully saturated rings. The van der Waals surface area contributed by atoms with Gasteiger partial charge in [-0.05, 0) is 11.5 Å². The van der Waals surface area contributed by atoms with Gasteiger partial charge < -0.3 is 0 Å². The van der Waals surface area contributed by atoms with Gasteiger partial charge >= 0.3 is 0 Å². The largest absolute Gasteiger partial charge is 0.300 e. The molecule has 0 aliphatic carbocycles. The Hall–Kier alpha value is -1.15. The Balaban J connectivity index is 2.15. The lowest BCUT2D eigenvalue weighted by Gasteiger charge is -2.36. The molecular weight excluding hydrogens is 210 g/mol. The van der Waals surface area contributed by atoms with Crippen molar-refractivity contribution >= 4 is 5.78 Å². The maximum atomic E-state index is 11.3. The smallest absolute Gasteiger partial charge is 0.135 e. The van der Waals surface area contributed by atoms with Crippen LogP contribution >= 0.6 is 0 Å². The van der Waals surface area contributed by atoms with E-state index >= 15 is 0 Å². The Kier molecular flexibility index (Phi) is 3.95. The summed E-state index contributed by atoms with van der Waals surface area (Å²) in [7, 11) is 0. The molecule has 1 aromatic carbocycles. The molecule has 0 N–H and O–H groups in total. The van der Waals surface area contributed by atoms with Gasteiger partial charge in [-0.2, -0.15) is 0 Å². The number of hydrogen-bond acceptors (Lipinski definition) is 2. The highest BCUT2D eigenvalue weighted by Crippen LogP contribution is 2.30. The van der Waals surface area contributed by atoms with Crippen LogP contribution in [-0.4, -0.2) is 23.8 Å². The lowest BCUT2D eigenvalue weighted by molar-refractivity contribution is -0.122. The van der Waals surface area contributed by atoms with Crippen molar-refractivity contribution in [3.63, 3.8) is 0 Å². The summed E-state index contributed by atoms with van der Waals surface area (Å²) in [6, 6.07) is 11.1. The second-order valence-corrected chi connectivity index (χ2v) is 5.17. The molecule has 17 heavy (non-hydrogen) atoms. The van der Waals surface area contributed by atoms with E-state index in [1.165, 1.54) is 5.56 Å². The third kappa shape index (κ3) is 2.95. The van der Waals surface area contributed by atoms with Gasteiger partial charge in [0.25, 0.3) is 0 Å². The SMILES string of the molecule is CC(C)C(c1ccccc1)N1CCC(=O)CC1. The number of rotatable bonds is 3. The zero-order chi connectivity index (χ0) is 12.3. The molecule has 1 atom stereocenters. The van der Waals surface area contributed by atoms with Crippen LogP contribution in [0.25, 0.3) is 0 Å². The molecular formula is C15H21NO. The average Bonchev–Trinajstić information content (AvgIpc) is 2.33. The Labute approximate surface area is 104 Å². The lowest BCUT2D eigenvalue weighted by Crippen LogP contribution is -2.39. The van der Waals surface area contributed by atoms with Crippen LogP contribution in [0.2, 0.25) is 0 Å². The van der Waals surface area contributed by atoms with Gasteiger partial charge in [0, 0.05) is 32.0 Å². The summed E-state index contributed by atoms with van der Waals surface area (Å²) in [6.45, 7) is 6.34. The molecule has 1 heterocycles. The maximum Gasteiger partial charge on any atom is 0.135 e. The van der Waals surface area contributed by atoms with Gasteiger partial charge in [0.05, 0.1) is 0 Å². The standard InChI is InChI=1S/C15H21NO/c1-12(2)15(13-6-4-3-5-7-13)16-10-8-14(17)9-11-16/h3-7,12,15H,8-11H2,1-2H3. The van der Waals surface area contributed by atoms with Crippen LogP contribution in [0.1, 0.15) is 38.3 Å². The van der Waals surface area contributed by atoms with E-state index in [9.17, 15) is 4.79 Å². The predicted molar refractivity (Wildman–Crippen MR) is 69.8 cm³/mol. The van der Waals surface area contributed by atoms with E-state index in [-0.39, 0.29) is 0 Å². The first-order valence-corrected chi connectivity index (χ1v) is 6.49. The zero-order valence-electron chi connectivity index (χ0n) is 10.7. The van der Waals surface area contributed by atoms with Crippen molar-refractivity contribution in [3.8, 4) is 0 Å². The molecule has 1 saturated heterocycles. The van der Waals surface area contributed by atoms with Gasteiger partial charge in [0.1, 0.15) is 5.78 Å². The number of hydrogen-bond donors (Lipinski definition) is 0. The Bertz CT molecular complexity index is 362. The summed E-state index contributed by atoms with van der Waals surface area (Å²) in [5.41, 5.74) is 1.37. The maximum absolute atomic E-state index is 11.3. The van der Waals surface area contributed by atoms with Crippen molar-refractivity contribution in [2.45, 2.75) is 32.7 Å². The Morgan fingerprint density at radius 2 is 1.65 bits per heavy atom. The van der Waals surface area contributed by atoms with E-state index < -0.39 is 0 Å². The van der Waals surface area contributed by atoms with Crippen LogP contribution in [0.5, 0.6) is 0 Å². The van der Waals surface area contributed by atoms with E-state index in [1.54, 1.807) is 0 Å². The molecule has 0 amide bonds. The van der Waals surface area contributed by atoms with Crippen LogP contribution in [0, 0.1) is 5.92 Å². The first-order chi connectivity index (χ1) is 8.18. The first-order valence-electron chi connectivity index (χ1n) is 6.49. The first kappa shape index (κ1) is 12.3. The van der Waals surface area contributed by atoms with E-state index in [2.05, 4.69) is 49.1 Å². The molecule has 1 aliphatic rings. The monoisotopic (exact) mass is 231 g/mol. The minimum atomic E-state index is 0.414. The average molecular weight is 231 g/mol. The topological polar surface area (TPSA) is 20.3 Å². The van der Waals surface area contributed by atoms with Gasteiger partial charge in [0.15, 0.2) is 0 Å². The van der Waals surface area contributed by atoms with E-state index in [0.717, 1.165) is 25.9 Å². The molecule has 1 aliphatic heterocycles. The number of carbonyl (C=O) groups excluding carboxylic acids is 1. The quantitative estimate of drug-likeness (QED) is 0.797. The Morgan fingerprint density at radius 3 is 2.18 bits per heavy atom. The molecule has 0 spiro atoms. The molecule has 0 radical (unpaired) electrons. The number of piperidine rings is 1. The van der Waals surface area contributed by atoms with E-state index in [4.69, 9.17) is 0 Å². The molecule has 0 bridgehead atoms. The molecule has 2 heteroatoms. The van der Waals surface area contributed by atoms with Crippen molar-refractivity contribution < 1.29 is 4.79 Å². The van der Waals surface area contributed by atoms with Crippen LogP contribution < -0.4 is 0 Å². The van der Waals surface area contributed by atoms with E-state index in [1.807, 2.05) is 0 Å². The minimum absolute atomic E-state index is 0.414. The van der Waals surface area contributed by atoms with E-state index in [0.29, 0.717) is 17.7 Å². The van der Waals surface area contributed by atoms with Gasteiger partial charge in [-0.1, -0.05) is 44.2 Å². The fourth-order valence-corrected chi connectivity index (χ4v) is 2.72. The molecule has 1 unspecified atom stereocenters. The number of ketones is 1. The third-order valence-electron chi connectivity index (χ3n) is 3.52. The predicted octanol–water partition coefficient (Wildman–Crippen LogP) is 3.05. The lowest BCUT2D eigenvalue weighted by atomic mass is 9.92. The summed E-state index contributed by atoms with van der Waals surface area (Å²) in [5, 5.41) is 0. The number of carbonyl (C=O) groups is 1. The van der Waals surface area contributed by atoms with Crippen LogP contribution in [0.15, 0.2) is 30.3 Å². The van der Waals surface area contributed by atoms with Crippen molar-refractivity contribution in [2.75, 3.05) is 13.1 Å². The second kappa shape index (κ2) is 5.46. The highest BCUT2D eigenvalue weighted by Gasteiger charge is 2.26. The van der Waals surface area contributed by atoms with Crippen molar-refractivity contribution in [1.82, 2.24) is 4.90 Å². The minimum Gasteiger partial charge on any atom is -0.300 e. The molecule has 2 rings (SSSR count).